The van der Waals surface area contributed by atoms with E-state index >= 15 is 0 Å². The van der Waals surface area contributed by atoms with E-state index in [2.05, 4.69) is 222 Å². The minimum Gasteiger partial charge on any atom is -0.0619 e. The standard InChI is InChI=1S/C60H44/c1-59(2)55-12-8-7-11-51(55)52-26-24-49(35-56(52)59)50-25-28-54-53-27-23-48(34-57(53)60(3,4)58(54)36-50)47-22-21-45-32-44(19-20-46(45)33-47)43-18-17-41-30-40(15-16-42(41)31-43)39-14-13-37-9-5-6-10-38(37)29-39/h5-36H,1-4H3. The first-order chi connectivity index (χ1) is 29.2. The van der Waals surface area contributed by atoms with Crippen molar-refractivity contribution in [3.8, 4) is 66.8 Å². The summed E-state index contributed by atoms with van der Waals surface area (Å²) in [4.78, 5) is 0. The zero-order chi connectivity index (χ0) is 40.3. The molecule has 0 heteroatoms. The van der Waals surface area contributed by atoms with Gasteiger partial charge in [0.1, 0.15) is 0 Å². The summed E-state index contributed by atoms with van der Waals surface area (Å²) < 4.78 is 0. The molecule has 0 unspecified atom stereocenters. The van der Waals surface area contributed by atoms with Crippen molar-refractivity contribution in [3.05, 3.63) is 216 Å². The molecule has 2 aliphatic carbocycles. The van der Waals surface area contributed by atoms with Crippen LogP contribution in [0.4, 0.5) is 0 Å². The fraction of sp³-hybridized carbons (Fsp3) is 0.100. The summed E-state index contributed by atoms with van der Waals surface area (Å²) in [5, 5.41) is 7.56. The Morgan fingerprint density at radius 2 is 0.483 bits per heavy atom. The van der Waals surface area contributed by atoms with Crippen LogP contribution in [-0.2, 0) is 10.8 Å². The number of hydrogen-bond acceptors (Lipinski definition) is 0. The summed E-state index contributed by atoms with van der Waals surface area (Å²) in [6, 6.07) is 73.1. The topological polar surface area (TPSA) is 0 Å². The van der Waals surface area contributed by atoms with Crippen molar-refractivity contribution in [2.75, 3.05) is 0 Å². The quantitative estimate of drug-likeness (QED) is 0.167. The van der Waals surface area contributed by atoms with E-state index in [0.717, 1.165) is 0 Å². The summed E-state index contributed by atoms with van der Waals surface area (Å²) in [6.45, 7) is 9.52. The van der Waals surface area contributed by atoms with Gasteiger partial charge < -0.3 is 0 Å². The van der Waals surface area contributed by atoms with Crippen molar-refractivity contribution in [2.24, 2.45) is 0 Å². The predicted molar refractivity (Wildman–Crippen MR) is 256 cm³/mol. The van der Waals surface area contributed by atoms with Crippen LogP contribution in [-0.4, -0.2) is 0 Å². The third kappa shape index (κ3) is 5.30. The Morgan fingerprint density at radius 3 is 0.900 bits per heavy atom. The molecule has 0 heterocycles. The van der Waals surface area contributed by atoms with Gasteiger partial charge in [-0.05, 0) is 170 Å². The molecule has 60 heavy (non-hydrogen) atoms. The van der Waals surface area contributed by atoms with Crippen LogP contribution in [0.5, 0.6) is 0 Å². The molecule has 10 aromatic rings. The van der Waals surface area contributed by atoms with Gasteiger partial charge in [0.2, 0.25) is 0 Å². The SMILES string of the molecule is CC1(C)c2ccccc2-c2ccc(-c3ccc4c(c3)C(C)(C)c3cc(-c5ccc6cc(-c7ccc8cc(-c9ccc%10ccccc%10c9)ccc8c7)ccc6c5)ccc3-4)cc21. The van der Waals surface area contributed by atoms with Gasteiger partial charge in [0.15, 0.2) is 0 Å². The van der Waals surface area contributed by atoms with Gasteiger partial charge >= 0.3 is 0 Å². The first-order valence-corrected chi connectivity index (χ1v) is 21.3. The highest BCUT2D eigenvalue weighted by Crippen LogP contribution is 2.52. The smallest absolute Gasteiger partial charge is 0.0159 e. The van der Waals surface area contributed by atoms with Crippen LogP contribution in [0.3, 0.4) is 0 Å². The molecule has 0 aromatic heterocycles. The Hall–Kier alpha value is -7.02. The summed E-state index contributed by atoms with van der Waals surface area (Å²) >= 11 is 0. The molecule has 0 atom stereocenters. The fourth-order valence-corrected chi connectivity index (χ4v) is 10.6. The molecule has 0 fully saturated rings. The molecule has 10 aromatic carbocycles. The van der Waals surface area contributed by atoms with E-state index in [1.807, 2.05) is 0 Å². The van der Waals surface area contributed by atoms with Crippen LogP contribution in [0.2, 0.25) is 0 Å². The van der Waals surface area contributed by atoms with Crippen molar-refractivity contribution in [3.63, 3.8) is 0 Å². The first-order valence-electron chi connectivity index (χ1n) is 21.3. The van der Waals surface area contributed by atoms with Crippen molar-refractivity contribution < 1.29 is 0 Å². The van der Waals surface area contributed by atoms with Crippen LogP contribution < -0.4 is 0 Å². The second kappa shape index (κ2) is 12.7. The highest BCUT2D eigenvalue weighted by Gasteiger charge is 2.37. The molecule has 0 radical (unpaired) electrons. The Labute approximate surface area is 352 Å². The molecule has 284 valence electrons. The Balaban J connectivity index is 0.821. The van der Waals surface area contributed by atoms with E-state index in [1.165, 1.54) is 121 Å². The van der Waals surface area contributed by atoms with Gasteiger partial charge in [0.05, 0.1) is 0 Å². The lowest BCUT2D eigenvalue weighted by Crippen LogP contribution is -2.15. The molecule has 0 amide bonds. The lowest BCUT2D eigenvalue weighted by molar-refractivity contribution is 0.659. The molecule has 12 rings (SSSR count). The third-order valence-corrected chi connectivity index (χ3v) is 14.0. The highest BCUT2D eigenvalue weighted by molar-refractivity contribution is 5.96. The van der Waals surface area contributed by atoms with Crippen LogP contribution in [0.1, 0.15) is 49.9 Å². The molecule has 0 bridgehead atoms. The molecule has 0 saturated heterocycles. The van der Waals surface area contributed by atoms with E-state index in [-0.39, 0.29) is 10.8 Å². The summed E-state index contributed by atoms with van der Waals surface area (Å²) in [5.74, 6) is 0. The fourth-order valence-electron chi connectivity index (χ4n) is 10.6. The average molecular weight is 765 g/mol. The molecule has 0 aliphatic heterocycles. The van der Waals surface area contributed by atoms with E-state index in [1.54, 1.807) is 0 Å². The van der Waals surface area contributed by atoms with Gasteiger partial charge in [0, 0.05) is 10.8 Å². The van der Waals surface area contributed by atoms with Crippen molar-refractivity contribution in [1.82, 2.24) is 0 Å². The Morgan fingerprint density at radius 1 is 0.217 bits per heavy atom. The predicted octanol–water partition coefficient (Wildman–Crippen LogP) is 16.4. The van der Waals surface area contributed by atoms with Gasteiger partial charge in [-0.1, -0.05) is 173 Å². The van der Waals surface area contributed by atoms with Crippen molar-refractivity contribution >= 4 is 32.3 Å². The Bertz CT molecular complexity index is 3430. The van der Waals surface area contributed by atoms with Crippen LogP contribution in [0, 0.1) is 0 Å². The molecular formula is C60H44. The van der Waals surface area contributed by atoms with Crippen molar-refractivity contribution in [1.29, 1.82) is 0 Å². The summed E-state index contributed by atoms with van der Waals surface area (Å²) in [7, 11) is 0. The molecule has 0 N–H and O–H groups in total. The zero-order valence-electron chi connectivity index (χ0n) is 34.5. The Kier molecular flexibility index (Phi) is 7.42. The molecule has 0 nitrogen and oxygen atoms in total. The second-order valence-corrected chi connectivity index (χ2v) is 18.2. The summed E-state index contributed by atoms with van der Waals surface area (Å²) in [6.07, 6.45) is 0. The molecule has 0 spiro atoms. The van der Waals surface area contributed by atoms with Crippen molar-refractivity contribution in [2.45, 2.75) is 38.5 Å². The van der Waals surface area contributed by atoms with Gasteiger partial charge in [-0.25, -0.2) is 0 Å². The number of hydrogen-bond donors (Lipinski definition) is 0. The molecule has 2 aliphatic rings. The highest BCUT2D eigenvalue weighted by atomic mass is 14.4. The van der Waals surface area contributed by atoms with E-state index < -0.39 is 0 Å². The largest absolute Gasteiger partial charge is 0.0619 e. The normalized spacial score (nSPS) is 14.3. The van der Waals surface area contributed by atoms with Crippen LogP contribution in [0.25, 0.3) is 99.1 Å². The van der Waals surface area contributed by atoms with Crippen LogP contribution >= 0.6 is 0 Å². The lowest BCUT2D eigenvalue weighted by Gasteiger charge is -2.23. The third-order valence-electron chi connectivity index (χ3n) is 14.0. The number of rotatable bonds is 4. The maximum atomic E-state index is 2.46. The van der Waals surface area contributed by atoms with E-state index in [9.17, 15) is 0 Å². The van der Waals surface area contributed by atoms with Gasteiger partial charge in [-0.15, -0.1) is 0 Å². The summed E-state index contributed by atoms with van der Waals surface area (Å²) in [5.41, 5.74) is 21.0. The average Bonchev–Trinajstić information content (AvgIpc) is 3.66. The van der Waals surface area contributed by atoms with Gasteiger partial charge in [0.25, 0.3) is 0 Å². The monoisotopic (exact) mass is 764 g/mol. The second-order valence-electron chi connectivity index (χ2n) is 18.2. The first kappa shape index (κ1) is 35.0. The maximum Gasteiger partial charge on any atom is 0.0159 e. The molecular weight excluding hydrogens is 721 g/mol. The van der Waals surface area contributed by atoms with E-state index in [4.69, 9.17) is 0 Å². The number of benzene rings is 10. The molecule has 0 saturated carbocycles. The van der Waals surface area contributed by atoms with Gasteiger partial charge in [-0.2, -0.15) is 0 Å². The maximum absolute atomic E-state index is 2.46. The minimum atomic E-state index is -0.119. The number of fused-ring (bicyclic) bond motifs is 9. The van der Waals surface area contributed by atoms with Gasteiger partial charge in [-0.3, -0.25) is 0 Å². The van der Waals surface area contributed by atoms with Crippen LogP contribution in [0.15, 0.2) is 194 Å². The zero-order valence-corrected chi connectivity index (χ0v) is 34.5. The lowest BCUT2D eigenvalue weighted by atomic mass is 9.80. The minimum absolute atomic E-state index is 0.0157. The van der Waals surface area contributed by atoms with E-state index in [0.29, 0.717) is 0 Å².